The first-order valence-electron chi connectivity index (χ1n) is 18.4. The molecule has 0 saturated carbocycles. The van der Waals surface area contributed by atoms with Crippen LogP contribution < -0.4 is 21.7 Å². The van der Waals surface area contributed by atoms with Gasteiger partial charge in [-0.15, -0.1) is 0 Å². The number of ketones is 1. The first kappa shape index (κ1) is 53.7. The number of carboxylic acid groups (broad SMARTS) is 3. The number of amides is 4. The molecular formula is C36H61N8NiO11+. The van der Waals surface area contributed by atoms with Crippen LogP contribution in [0.5, 0.6) is 0 Å². The number of hydrogen-bond donors (Lipinski definition) is 8. The van der Waals surface area contributed by atoms with E-state index in [1.807, 2.05) is 13.8 Å². The molecule has 0 aliphatic heterocycles. The van der Waals surface area contributed by atoms with Crippen molar-refractivity contribution in [3.05, 3.63) is 24.0 Å². The number of rotatable bonds is 27. The molecule has 0 fully saturated rings. The van der Waals surface area contributed by atoms with Crippen LogP contribution in [-0.2, 0) is 61.3 Å². The fourth-order valence-electron chi connectivity index (χ4n) is 5.40. The summed E-state index contributed by atoms with van der Waals surface area (Å²) in [5, 5.41) is 35.8. The quantitative estimate of drug-likeness (QED) is 0.0459. The van der Waals surface area contributed by atoms with E-state index in [1.165, 1.54) is 6.92 Å². The summed E-state index contributed by atoms with van der Waals surface area (Å²) in [6.07, 6.45) is 5.55. The van der Waals surface area contributed by atoms with Crippen molar-refractivity contribution >= 4 is 47.3 Å². The molecule has 56 heavy (non-hydrogen) atoms. The van der Waals surface area contributed by atoms with Crippen LogP contribution >= 0.6 is 0 Å². The Kier molecular flexibility index (Phi) is 26.9. The van der Waals surface area contributed by atoms with Crippen LogP contribution in [0.4, 0.5) is 0 Å². The number of imidazole rings is 1. The van der Waals surface area contributed by atoms with Gasteiger partial charge in [0, 0.05) is 49.0 Å². The van der Waals surface area contributed by atoms with E-state index in [0.29, 0.717) is 25.7 Å². The van der Waals surface area contributed by atoms with E-state index < -0.39 is 66.2 Å². The monoisotopic (exact) mass is 839 g/mol. The number of nitrogens with two attached hydrogens (primary N) is 1. The van der Waals surface area contributed by atoms with Crippen molar-refractivity contribution in [2.75, 3.05) is 32.7 Å². The SMILES string of the molecule is CC(=O)[C@@H]([NH-])Cc1c[nH]cn1.CCC(C)C(=O)NCCNC(=O)C(C)CC(CC(C)(CC)C(=O)NCCCC[C@@H](C(=O)O)N(CC(=O)O)CC(=O)O)C(N)=O.[Ni+2]. The molecule has 6 atom stereocenters. The van der Waals surface area contributed by atoms with Crippen molar-refractivity contribution in [3.8, 4) is 0 Å². The molecule has 4 amide bonds. The minimum Gasteiger partial charge on any atom is -0.668 e. The standard InChI is InChI=1S/C29H51N5O10.C7H10N3O.Ni/c1-6-18(3)25(40)31-12-13-32-26(41)19(4)14-20(24(30)39)15-29(5,7-2)28(44)33-11-9-8-10-21(27(42)43)34(16-22(35)36)17-23(37)38;1-5(11)7(8)2-6-3-9-4-10-6;/h18-21H,6-17H2,1-5H3,(H2,30,39)(H,31,40)(H,32,41)(H,33,44)(H,35,36)(H,37,38)(H,42,43);3-4,7-8H,2H2,1H3,(H,9,10);/q;-1;+2/t18?,19?,20?,21-,29?;7-;/m00./s1. The molecule has 1 aromatic rings. The molecule has 0 aromatic carbocycles. The summed E-state index contributed by atoms with van der Waals surface area (Å²) in [6.45, 7) is 9.47. The molecule has 1 heterocycles. The summed E-state index contributed by atoms with van der Waals surface area (Å²) in [4.78, 5) is 102. The maximum absolute atomic E-state index is 13.1. The minimum absolute atomic E-state index is 0. The molecule has 1 rings (SSSR count). The molecular weight excluding hydrogens is 779 g/mol. The van der Waals surface area contributed by atoms with Gasteiger partial charge >= 0.3 is 34.4 Å². The number of H-pyrrole nitrogens is 1. The average molecular weight is 841 g/mol. The second-order valence-corrected chi connectivity index (χ2v) is 14.0. The molecule has 0 radical (unpaired) electrons. The van der Waals surface area contributed by atoms with Crippen LogP contribution in [0, 0.1) is 23.2 Å². The van der Waals surface area contributed by atoms with Gasteiger partial charge in [-0.1, -0.05) is 40.7 Å². The topological polar surface area (TPSA) is 315 Å². The van der Waals surface area contributed by atoms with Gasteiger partial charge in [-0.3, -0.25) is 38.5 Å². The number of hydrogen-bond acceptors (Lipinski definition) is 10. The van der Waals surface area contributed by atoms with E-state index in [2.05, 4.69) is 25.9 Å². The first-order chi connectivity index (χ1) is 25.7. The normalized spacial score (nSPS) is 14.5. The predicted octanol–water partition coefficient (Wildman–Crippen LogP) is 1.37. The Hall–Kier alpha value is -4.42. The zero-order valence-corrected chi connectivity index (χ0v) is 34.1. The van der Waals surface area contributed by atoms with Crippen LogP contribution in [0.15, 0.2) is 12.5 Å². The zero-order valence-electron chi connectivity index (χ0n) is 33.1. The number of Topliss-reactive ketones (excluding diaryl/α,β-unsaturated/α-hetero) is 1. The molecule has 20 heteroatoms. The molecule has 1 aromatic heterocycles. The Labute approximate surface area is 338 Å². The number of nitrogens with one attached hydrogen (secondary N) is 5. The van der Waals surface area contributed by atoms with Gasteiger partial charge in [-0.2, -0.15) is 0 Å². The summed E-state index contributed by atoms with van der Waals surface area (Å²) in [6, 6.07) is -1.99. The van der Waals surface area contributed by atoms with Crippen molar-refractivity contribution in [1.82, 2.24) is 30.8 Å². The van der Waals surface area contributed by atoms with E-state index in [4.69, 9.17) is 21.7 Å². The number of carbonyl (C=O) groups excluding carboxylic acids is 5. The smallest absolute Gasteiger partial charge is 0.668 e. The van der Waals surface area contributed by atoms with Crippen LogP contribution in [-0.4, -0.2) is 122 Å². The zero-order chi connectivity index (χ0) is 42.3. The van der Waals surface area contributed by atoms with Crippen molar-refractivity contribution in [3.63, 3.8) is 0 Å². The fraction of sp³-hybridized carbons (Fsp3) is 0.694. The summed E-state index contributed by atoms with van der Waals surface area (Å²) in [5.74, 6) is -7.00. The maximum Gasteiger partial charge on any atom is 2.00 e. The van der Waals surface area contributed by atoms with E-state index in [1.54, 1.807) is 33.3 Å². The Bertz CT molecular complexity index is 1400. The van der Waals surface area contributed by atoms with Gasteiger partial charge in [0.1, 0.15) is 11.8 Å². The number of nitrogens with zero attached hydrogens (tertiary/aromatic N) is 2. The summed E-state index contributed by atoms with van der Waals surface area (Å²) >= 11 is 0. The first-order valence-corrected chi connectivity index (χ1v) is 18.4. The van der Waals surface area contributed by atoms with Crippen molar-refractivity contribution in [1.29, 1.82) is 0 Å². The van der Waals surface area contributed by atoms with Gasteiger partial charge < -0.3 is 52.5 Å². The number of carboxylic acids is 3. The second-order valence-electron chi connectivity index (χ2n) is 14.0. The molecule has 19 nitrogen and oxygen atoms in total. The van der Waals surface area contributed by atoms with E-state index in [9.17, 15) is 43.5 Å². The van der Waals surface area contributed by atoms with Gasteiger partial charge in [0.15, 0.2) is 0 Å². The molecule has 0 spiro atoms. The third-order valence-electron chi connectivity index (χ3n) is 9.35. The molecule has 0 saturated heterocycles. The van der Waals surface area contributed by atoms with Crippen molar-refractivity contribution in [2.45, 2.75) is 105 Å². The molecule has 0 aliphatic rings. The van der Waals surface area contributed by atoms with Crippen LogP contribution in [0.1, 0.15) is 92.2 Å². The molecule has 0 bridgehead atoms. The van der Waals surface area contributed by atoms with Gasteiger partial charge in [0.2, 0.25) is 23.6 Å². The third kappa shape index (κ3) is 21.6. The third-order valence-corrected chi connectivity index (χ3v) is 9.35. The number of carbonyl (C=O) groups is 8. The minimum atomic E-state index is -1.35. The van der Waals surface area contributed by atoms with Gasteiger partial charge in [-0.05, 0) is 58.3 Å². The van der Waals surface area contributed by atoms with E-state index in [-0.39, 0.29) is 91.2 Å². The Morgan fingerprint density at radius 2 is 1.46 bits per heavy atom. The molecule has 4 unspecified atom stereocenters. The molecule has 0 aliphatic carbocycles. The van der Waals surface area contributed by atoms with Crippen LogP contribution in [0.3, 0.4) is 0 Å². The Morgan fingerprint density at radius 3 is 1.89 bits per heavy atom. The number of aliphatic carboxylic acids is 3. The second kappa shape index (κ2) is 28.1. The van der Waals surface area contributed by atoms with Gasteiger partial charge in [0.05, 0.1) is 25.1 Å². The average Bonchev–Trinajstić information content (AvgIpc) is 3.62. The number of aromatic amines is 1. The Balaban J connectivity index is 0. The summed E-state index contributed by atoms with van der Waals surface area (Å²) in [5.41, 5.74) is 12.7. The van der Waals surface area contributed by atoms with E-state index >= 15 is 0 Å². The van der Waals surface area contributed by atoms with Gasteiger partial charge in [0.25, 0.3) is 0 Å². The van der Waals surface area contributed by atoms with Crippen molar-refractivity contribution < 1.29 is 70.2 Å². The maximum atomic E-state index is 13.1. The summed E-state index contributed by atoms with van der Waals surface area (Å²) < 4.78 is 0. The number of aromatic nitrogens is 2. The van der Waals surface area contributed by atoms with Crippen LogP contribution in [0.2, 0.25) is 0 Å². The van der Waals surface area contributed by atoms with E-state index in [0.717, 1.165) is 10.6 Å². The van der Waals surface area contributed by atoms with Gasteiger partial charge in [-0.25, -0.2) is 4.98 Å². The predicted molar refractivity (Wildman–Crippen MR) is 201 cm³/mol. The summed E-state index contributed by atoms with van der Waals surface area (Å²) in [7, 11) is 0. The van der Waals surface area contributed by atoms with Crippen LogP contribution in [0.25, 0.3) is 5.73 Å². The number of primary amides is 1. The number of unbranched alkanes of at least 4 members (excludes halogenated alkanes) is 1. The largest absolute Gasteiger partial charge is 2.00 e. The Morgan fingerprint density at radius 1 is 0.911 bits per heavy atom. The molecule has 10 N–H and O–H groups in total. The fourth-order valence-corrected chi connectivity index (χ4v) is 5.40. The molecule has 320 valence electrons. The van der Waals surface area contributed by atoms with Crippen molar-refractivity contribution in [2.24, 2.45) is 28.9 Å².